The molecular formula is C15H18FNO2. The number of hydrogen-bond donors (Lipinski definition) is 1. The van der Waals surface area contributed by atoms with E-state index in [1.807, 2.05) is 24.6 Å². The largest absolute Gasteiger partial charge is 0.481 e. The van der Waals surface area contributed by atoms with E-state index in [4.69, 9.17) is 5.11 Å². The molecule has 0 bridgehead atoms. The molecule has 0 aliphatic rings. The molecule has 1 N–H and O–H groups in total. The first-order valence-corrected chi connectivity index (χ1v) is 6.20. The fourth-order valence-corrected chi connectivity index (χ4v) is 2.49. The molecule has 0 fully saturated rings. The number of carbonyl (C=O) groups is 1. The highest BCUT2D eigenvalue weighted by Crippen LogP contribution is 2.33. The van der Waals surface area contributed by atoms with Gasteiger partial charge in [-0.05, 0) is 30.7 Å². The van der Waals surface area contributed by atoms with Gasteiger partial charge in [-0.15, -0.1) is 0 Å². The normalized spacial score (nSPS) is 12.1. The third-order valence-electron chi connectivity index (χ3n) is 3.69. The summed E-state index contributed by atoms with van der Waals surface area (Å²) in [7, 11) is 1.92. The molecule has 0 spiro atoms. The Morgan fingerprint density at radius 3 is 2.58 bits per heavy atom. The molecule has 1 aromatic heterocycles. The van der Waals surface area contributed by atoms with Crippen LogP contribution < -0.4 is 0 Å². The van der Waals surface area contributed by atoms with Crippen LogP contribution in [0.1, 0.15) is 31.5 Å². The van der Waals surface area contributed by atoms with Crippen molar-refractivity contribution in [3.63, 3.8) is 0 Å². The van der Waals surface area contributed by atoms with E-state index in [-0.39, 0.29) is 12.2 Å². The molecule has 2 rings (SSSR count). The lowest BCUT2D eigenvalue weighted by Gasteiger charge is -2.24. The van der Waals surface area contributed by atoms with Crippen LogP contribution in [0.5, 0.6) is 0 Å². The van der Waals surface area contributed by atoms with Gasteiger partial charge in [-0.3, -0.25) is 4.79 Å². The van der Waals surface area contributed by atoms with E-state index in [9.17, 15) is 9.18 Å². The number of nitrogens with zero attached hydrogens (tertiary/aromatic N) is 1. The molecule has 4 heteroatoms. The average Bonchev–Trinajstić information content (AvgIpc) is 2.51. The summed E-state index contributed by atoms with van der Waals surface area (Å²) in [6.45, 7) is 5.46. The van der Waals surface area contributed by atoms with Crippen LogP contribution in [-0.2, 0) is 17.3 Å². The first-order chi connectivity index (χ1) is 8.72. The molecule has 0 aliphatic carbocycles. The summed E-state index contributed by atoms with van der Waals surface area (Å²) >= 11 is 0. The lowest BCUT2D eigenvalue weighted by Crippen LogP contribution is -2.23. The molecule has 3 nitrogen and oxygen atoms in total. The highest BCUT2D eigenvalue weighted by Gasteiger charge is 2.28. The molecule has 0 unspecified atom stereocenters. The maximum atomic E-state index is 14.2. The maximum Gasteiger partial charge on any atom is 0.304 e. The first kappa shape index (κ1) is 13.6. The second-order valence-corrected chi connectivity index (χ2v) is 5.69. The fraction of sp³-hybridized carbons (Fsp3) is 0.400. The molecule has 2 aromatic rings. The van der Waals surface area contributed by atoms with Gasteiger partial charge in [0.2, 0.25) is 0 Å². The van der Waals surface area contributed by atoms with Crippen molar-refractivity contribution >= 4 is 16.9 Å². The topological polar surface area (TPSA) is 42.2 Å². The Hall–Kier alpha value is -1.84. The van der Waals surface area contributed by atoms with Crippen LogP contribution >= 0.6 is 0 Å². The Morgan fingerprint density at radius 2 is 2.00 bits per heavy atom. The van der Waals surface area contributed by atoms with E-state index in [1.54, 1.807) is 19.9 Å². The van der Waals surface area contributed by atoms with Crippen LogP contribution in [0.4, 0.5) is 4.39 Å². The lowest BCUT2D eigenvalue weighted by atomic mass is 9.81. The predicted octanol–water partition coefficient (Wildman–Crippen LogP) is 3.38. The Bertz CT molecular complexity index is 656. The number of carboxylic acids is 1. The molecule has 0 radical (unpaired) electrons. The van der Waals surface area contributed by atoms with Gasteiger partial charge in [-0.1, -0.05) is 13.8 Å². The van der Waals surface area contributed by atoms with E-state index < -0.39 is 11.4 Å². The number of carboxylic acid groups (broad SMARTS) is 1. The van der Waals surface area contributed by atoms with Gasteiger partial charge in [0.15, 0.2) is 0 Å². The predicted molar refractivity (Wildman–Crippen MR) is 72.9 cm³/mol. The molecule has 1 aromatic carbocycles. The minimum absolute atomic E-state index is 0.0984. The monoisotopic (exact) mass is 263 g/mol. The third kappa shape index (κ3) is 2.35. The molecular weight excluding hydrogens is 245 g/mol. The standard InChI is InChI=1S/C15H18FNO2/c1-9-5-10-6-12(16)11(7-13(10)17(9)4)15(2,3)8-14(18)19/h5-7H,8H2,1-4H3,(H,18,19). The van der Waals surface area contributed by atoms with E-state index in [0.29, 0.717) is 5.56 Å². The quantitative estimate of drug-likeness (QED) is 0.922. The molecule has 0 saturated heterocycles. The number of fused-ring (bicyclic) bond motifs is 1. The Balaban J connectivity index is 2.63. The summed E-state index contributed by atoms with van der Waals surface area (Å²) in [5, 5.41) is 9.79. The second kappa shape index (κ2) is 4.37. The molecule has 1 heterocycles. The first-order valence-electron chi connectivity index (χ1n) is 6.20. The number of aromatic nitrogens is 1. The van der Waals surface area contributed by atoms with Gasteiger partial charge in [-0.25, -0.2) is 4.39 Å². The van der Waals surface area contributed by atoms with Gasteiger partial charge >= 0.3 is 5.97 Å². The summed E-state index contributed by atoms with van der Waals surface area (Å²) in [4.78, 5) is 10.9. The van der Waals surface area contributed by atoms with E-state index >= 15 is 0 Å². The smallest absolute Gasteiger partial charge is 0.304 e. The van der Waals surface area contributed by atoms with Crippen LogP contribution in [0, 0.1) is 12.7 Å². The van der Waals surface area contributed by atoms with Gasteiger partial charge in [0, 0.05) is 29.1 Å². The van der Waals surface area contributed by atoms with Crippen LogP contribution in [0.25, 0.3) is 10.9 Å². The van der Waals surface area contributed by atoms with Crippen LogP contribution in [0.15, 0.2) is 18.2 Å². The highest BCUT2D eigenvalue weighted by atomic mass is 19.1. The fourth-order valence-electron chi connectivity index (χ4n) is 2.49. The van der Waals surface area contributed by atoms with Crippen molar-refractivity contribution in [2.24, 2.45) is 7.05 Å². The lowest BCUT2D eigenvalue weighted by molar-refractivity contribution is -0.138. The van der Waals surface area contributed by atoms with Gasteiger partial charge in [0.1, 0.15) is 5.82 Å². The minimum Gasteiger partial charge on any atom is -0.481 e. The van der Waals surface area contributed by atoms with Crippen LogP contribution in [0.3, 0.4) is 0 Å². The summed E-state index contributed by atoms with van der Waals surface area (Å²) < 4.78 is 16.2. The SMILES string of the molecule is Cc1cc2cc(F)c(C(C)(C)CC(=O)O)cc2n1C. The van der Waals surface area contributed by atoms with Gasteiger partial charge < -0.3 is 9.67 Å². The van der Waals surface area contributed by atoms with Gasteiger partial charge in [-0.2, -0.15) is 0 Å². The van der Waals surface area contributed by atoms with Crippen molar-refractivity contribution in [1.29, 1.82) is 0 Å². The van der Waals surface area contributed by atoms with Crippen LogP contribution in [-0.4, -0.2) is 15.6 Å². The van der Waals surface area contributed by atoms with E-state index in [2.05, 4.69) is 0 Å². The Kier molecular flexibility index (Phi) is 3.12. The van der Waals surface area contributed by atoms with Crippen molar-refractivity contribution in [1.82, 2.24) is 4.57 Å². The zero-order chi connectivity index (χ0) is 14.4. The van der Waals surface area contributed by atoms with Crippen molar-refractivity contribution in [2.75, 3.05) is 0 Å². The van der Waals surface area contributed by atoms with Crippen molar-refractivity contribution in [2.45, 2.75) is 32.6 Å². The number of rotatable bonds is 3. The molecule has 0 aliphatic heterocycles. The van der Waals surface area contributed by atoms with Crippen molar-refractivity contribution < 1.29 is 14.3 Å². The Labute approximate surface area is 111 Å². The van der Waals surface area contributed by atoms with E-state index in [1.165, 1.54) is 6.07 Å². The molecule has 0 saturated carbocycles. The Morgan fingerprint density at radius 1 is 1.37 bits per heavy atom. The number of halogens is 1. The number of aliphatic carboxylic acids is 1. The zero-order valence-corrected chi connectivity index (χ0v) is 11.6. The summed E-state index contributed by atoms with van der Waals surface area (Å²) in [6, 6.07) is 5.17. The van der Waals surface area contributed by atoms with E-state index in [0.717, 1.165) is 16.6 Å². The molecule has 0 amide bonds. The summed E-state index contributed by atoms with van der Waals surface area (Å²) in [5.41, 5.74) is 1.68. The number of benzene rings is 1. The van der Waals surface area contributed by atoms with Crippen LogP contribution in [0.2, 0.25) is 0 Å². The number of aryl methyl sites for hydroxylation is 2. The number of hydrogen-bond acceptors (Lipinski definition) is 1. The van der Waals surface area contributed by atoms with Crippen molar-refractivity contribution in [3.8, 4) is 0 Å². The third-order valence-corrected chi connectivity index (χ3v) is 3.69. The molecule has 19 heavy (non-hydrogen) atoms. The van der Waals surface area contributed by atoms with Gasteiger partial charge in [0.05, 0.1) is 6.42 Å². The summed E-state index contributed by atoms with van der Waals surface area (Å²) in [5.74, 6) is -1.27. The minimum atomic E-state index is -0.924. The summed E-state index contributed by atoms with van der Waals surface area (Å²) in [6.07, 6.45) is -0.0984. The van der Waals surface area contributed by atoms with Crippen molar-refractivity contribution in [3.05, 3.63) is 35.3 Å². The second-order valence-electron chi connectivity index (χ2n) is 5.69. The maximum absolute atomic E-state index is 14.2. The highest BCUT2D eigenvalue weighted by molar-refractivity contribution is 5.82. The zero-order valence-electron chi connectivity index (χ0n) is 11.6. The van der Waals surface area contributed by atoms with Gasteiger partial charge in [0.25, 0.3) is 0 Å². The average molecular weight is 263 g/mol. The molecule has 0 atom stereocenters. The molecule has 102 valence electrons.